The Kier molecular flexibility index (Phi) is 62.4. The lowest BCUT2D eigenvalue weighted by atomic mass is 10.0. The van der Waals surface area contributed by atoms with Crippen molar-refractivity contribution in [1.29, 1.82) is 0 Å². The Labute approximate surface area is 462 Å². The van der Waals surface area contributed by atoms with E-state index in [2.05, 4.69) is 31.3 Å². The molecule has 438 valence electrons. The van der Waals surface area contributed by atoms with Gasteiger partial charge in [0.15, 0.2) is 0 Å². The highest BCUT2D eigenvalue weighted by Gasteiger charge is 2.18. The summed E-state index contributed by atoms with van der Waals surface area (Å²) >= 11 is 0. The van der Waals surface area contributed by atoms with E-state index in [1.165, 1.54) is 302 Å². The molecule has 1 amide bonds. The number of hydrogen-bond acceptors (Lipinski definition) is 5. The van der Waals surface area contributed by atoms with Gasteiger partial charge in [-0.15, -0.1) is 0 Å². The van der Waals surface area contributed by atoms with Gasteiger partial charge in [0.25, 0.3) is 0 Å². The number of carbonyl (C=O) groups is 2. The Morgan fingerprint density at radius 3 is 0.959 bits per heavy atom. The number of rotatable bonds is 63. The van der Waals surface area contributed by atoms with Crippen molar-refractivity contribution in [2.24, 2.45) is 0 Å². The lowest BCUT2D eigenvalue weighted by Gasteiger charge is -2.20. The number of allylic oxidation sites excluding steroid dienone is 3. The van der Waals surface area contributed by atoms with Crippen LogP contribution in [0.5, 0.6) is 0 Å². The molecule has 6 heteroatoms. The van der Waals surface area contributed by atoms with Crippen molar-refractivity contribution in [1.82, 2.24) is 5.32 Å². The molecule has 0 aliphatic carbocycles. The van der Waals surface area contributed by atoms with Crippen LogP contribution in [0.2, 0.25) is 0 Å². The zero-order valence-corrected chi connectivity index (χ0v) is 50.1. The van der Waals surface area contributed by atoms with Gasteiger partial charge in [-0.2, -0.15) is 0 Å². The van der Waals surface area contributed by atoms with Gasteiger partial charge in [-0.25, -0.2) is 0 Å². The number of unbranched alkanes of at least 4 members (excludes halogenated alkanes) is 50. The number of esters is 1. The van der Waals surface area contributed by atoms with Crippen molar-refractivity contribution in [3.8, 4) is 0 Å². The molecule has 0 spiro atoms. The predicted octanol–water partition coefficient (Wildman–Crippen LogP) is 21.4. The van der Waals surface area contributed by atoms with Crippen LogP contribution in [0.1, 0.15) is 373 Å². The maximum absolute atomic E-state index is 12.5. The minimum atomic E-state index is -0.849. The lowest BCUT2D eigenvalue weighted by Crippen LogP contribution is -2.45. The van der Waals surface area contributed by atoms with E-state index >= 15 is 0 Å². The largest absolute Gasteiger partial charge is 0.466 e. The van der Waals surface area contributed by atoms with Crippen LogP contribution >= 0.6 is 0 Å². The molecular weight excluding hydrogens is 911 g/mol. The van der Waals surface area contributed by atoms with Crippen LogP contribution < -0.4 is 5.32 Å². The number of aliphatic hydroxyl groups excluding tert-OH is 2. The van der Waals surface area contributed by atoms with Gasteiger partial charge in [0.2, 0.25) is 5.91 Å². The van der Waals surface area contributed by atoms with Gasteiger partial charge >= 0.3 is 5.97 Å². The average molecular weight is 1040 g/mol. The fourth-order valence-electron chi connectivity index (χ4n) is 10.6. The zero-order valence-electron chi connectivity index (χ0n) is 50.1. The number of aliphatic hydroxyl groups is 2. The highest BCUT2D eigenvalue weighted by Crippen LogP contribution is 2.18. The standard InChI is InChI=1S/C68H131NO5/c1-3-5-7-9-11-13-15-17-19-21-22-23-24-25-26-29-32-36-40-44-48-52-56-60-66(71)65(64-70)69-67(72)61-57-53-49-45-41-37-33-30-27-28-31-35-39-43-47-51-55-59-63-74-68(73)62-58-54-50-46-42-38-34-20-18-16-14-12-10-8-6-4-2/h20,34,56,60,65-66,70-71H,3-19,21-33,35-55,57-59,61-64H2,1-2H3,(H,69,72)/b34-20-,60-56+. The van der Waals surface area contributed by atoms with E-state index in [0.717, 1.165) is 44.9 Å². The van der Waals surface area contributed by atoms with Crippen LogP contribution in [-0.2, 0) is 14.3 Å². The van der Waals surface area contributed by atoms with E-state index in [1.807, 2.05) is 6.08 Å². The second-order valence-electron chi connectivity index (χ2n) is 23.2. The first-order chi connectivity index (χ1) is 36.5. The number of nitrogens with one attached hydrogen (secondary N) is 1. The van der Waals surface area contributed by atoms with Gasteiger partial charge in [-0.05, 0) is 57.8 Å². The van der Waals surface area contributed by atoms with E-state index in [9.17, 15) is 19.8 Å². The normalized spacial score (nSPS) is 12.6. The number of carbonyl (C=O) groups excluding carboxylic acids is 2. The van der Waals surface area contributed by atoms with Crippen LogP contribution in [0.25, 0.3) is 0 Å². The Balaban J connectivity index is 3.43. The predicted molar refractivity (Wildman–Crippen MR) is 324 cm³/mol. The highest BCUT2D eigenvalue weighted by molar-refractivity contribution is 5.76. The molecule has 0 saturated carbocycles. The summed E-state index contributed by atoms with van der Waals surface area (Å²) in [6.45, 7) is 4.92. The average Bonchev–Trinajstić information content (AvgIpc) is 3.40. The third-order valence-electron chi connectivity index (χ3n) is 15.7. The van der Waals surface area contributed by atoms with Gasteiger partial charge in [0.05, 0.1) is 25.4 Å². The topological polar surface area (TPSA) is 95.9 Å². The first-order valence-electron chi connectivity index (χ1n) is 33.6. The third kappa shape index (κ3) is 59.6. The van der Waals surface area contributed by atoms with Gasteiger partial charge in [-0.1, -0.05) is 327 Å². The molecule has 6 nitrogen and oxygen atoms in total. The van der Waals surface area contributed by atoms with Gasteiger partial charge in [0, 0.05) is 12.8 Å². The molecule has 0 aromatic carbocycles. The maximum Gasteiger partial charge on any atom is 0.305 e. The summed E-state index contributed by atoms with van der Waals surface area (Å²) in [6, 6.07) is -0.632. The van der Waals surface area contributed by atoms with Crippen molar-refractivity contribution in [2.45, 2.75) is 386 Å². The molecule has 0 aliphatic heterocycles. The van der Waals surface area contributed by atoms with Crippen LogP contribution in [0.4, 0.5) is 0 Å². The molecule has 0 heterocycles. The molecule has 0 fully saturated rings. The summed E-state index contributed by atoms with van der Waals surface area (Å²) in [7, 11) is 0. The maximum atomic E-state index is 12.5. The SMILES string of the molecule is CCCCCCCCC/C=C\CCCCCCCC(=O)OCCCCCCCCCCCCCCCCCCCCC(=O)NC(CO)C(O)/C=C/CCCCCCCCCCCCCCCCCCCCCCC. The van der Waals surface area contributed by atoms with Gasteiger partial charge in [-0.3, -0.25) is 9.59 Å². The summed E-state index contributed by atoms with van der Waals surface area (Å²) < 4.78 is 5.49. The van der Waals surface area contributed by atoms with Crippen molar-refractivity contribution in [3.63, 3.8) is 0 Å². The van der Waals surface area contributed by atoms with E-state index in [0.29, 0.717) is 19.4 Å². The number of ether oxygens (including phenoxy) is 1. The monoisotopic (exact) mass is 1040 g/mol. The minimum Gasteiger partial charge on any atom is -0.466 e. The molecule has 3 N–H and O–H groups in total. The summed E-state index contributed by atoms with van der Waals surface area (Å²) in [5.41, 5.74) is 0. The number of hydrogen-bond donors (Lipinski definition) is 3. The third-order valence-corrected chi connectivity index (χ3v) is 15.7. The molecular formula is C68H131NO5. The highest BCUT2D eigenvalue weighted by atomic mass is 16.5. The van der Waals surface area contributed by atoms with Crippen molar-refractivity contribution >= 4 is 11.9 Å². The van der Waals surface area contributed by atoms with E-state index in [4.69, 9.17) is 4.74 Å². The van der Waals surface area contributed by atoms with Crippen molar-refractivity contribution in [2.75, 3.05) is 13.2 Å². The quantitative estimate of drug-likeness (QED) is 0.0320. The van der Waals surface area contributed by atoms with Crippen LogP contribution in [-0.4, -0.2) is 47.4 Å². The van der Waals surface area contributed by atoms with Crippen molar-refractivity contribution < 1.29 is 24.5 Å². The summed E-state index contributed by atoms with van der Waals surface area (Å²) in [6.07, 6.45) is 79.4. The summed E-state index contributed by atoms with van der Waals surface area (Å²) in [5.74, 6) is -0.0681. The molecule has 0 aliphatic rings. The van der Waals surface area contributed by atoms with Gasteiger partial charge in [0.1, 0.15) is 0 Å². The van der Waals surface area contributed by atoms with E-state index in [1.54, 1.807) is 6.08 Å². The summed E-state index contributed by atoms with van der Waals surface area (Å²) in [5, 5.41) is 23.2. The zero-order chi connectivity index (χ0) is 53.6. The molecule has 0 saturated heterocycles. The second kappa shape index (κ2) is 63.9. The number of amides is 1. The van der Waals surface area contributed by atoms with E-state index in [-0.39, 0.29) is 18.5 Å². The van der Waals surface area contributed by atoms with E-state index < -0.39 is 12.1 Å². The smallest absolute Gasteiger partial charge is 0.305 e. The molecule has 2 atom stereocenters. The van der Waals surface area contributed by atoms with Crippen LogP contribution in [0, 0.1) is 0 Å². The second-order valence-corrected chi connectivity index (χ2v) is 23.2. The first kappa shape index (κ1) is 72.3. The molecule has 2 unspecified atom stereocenters. The van der Waals surface area contributed by atoms with Crippen LogP contribution in [0.3, 0.4) is 0 Å². The molecule has 0 rings (SSSR count). The minimum absolute atomic E-state index is 0.0000172. The van der Waals surface area contributed by atoms with Crippen LogP contribution in [0.15, 0.2) is 24.3 Å². The fourth-order valence-corrected chi connectivity index (χ4v) is 10.6. The Morgan fingerprint density at radius 1 is 0.365 bits per heavy atom. The molecule has 0 aromatic heterocycles. The Morgan fingerprint density at radius 2 is 0.635 bits per heavy atom. The first-order valence-corrected chi connectivity index (χ1v) is 33.6. The van der Waals surface area contributed by atoms with Crippen molar-refractivity contribution in [3.05, 3.63) is 24.3 Å². The van der Waals surface area contributed by atoms with Gasteiger partial charge < -0.3 is 20.3 Å². The Hall–Kier alpha value is -1.66. The molecule has 0 radical (unpaired) electrons. The molecule has 0 aromatic rings. The molecule has 74 heavy (non-hydrogen) atoms. The Bertz CT molecular complexity index is 1150. The molecule has 0 bridgehead atoms. The fraction of sp³-hybridized carbons (Fsp3) is 0.912. The lowest BCUT2D eigenvalue weighted by molar-refractivity contribution is -0.143. The summed E-state index contributed by atoms with van der Waals surface area (Å²) in [4.78, 5) is 24.6.